The van der Waals surface area contributed by atoms with Crippen molar-refractivity contribution in [2.45, 2.75) is 0 Å². The zero-order valence-electron chi connectivity index (χ0n) is 16.2. The van der Waals surface area contributed by atoms with Crippen LogP contribution >= 0.6 is 0 Å². The van der Waals surface area contributed by atoms with Gasteiger partial charge in [0.2, 0.25) is 5.91 Å². The van der Waals surface area contributed by atoms with Crippen molar-refractivity contribution in [3.8, 4) is 5.75 Å². The Labute approximate surface area is 170 Å². The minimum absolute atomic E-state index is 0.175. The van der Waals surface area contributed by atoms with Crippen LogP contribution in [0, 0.1) is 11.6 Å². The highest BCUT2D eigenvalue weighted by molar-refractivity contribution is 5.94. The van der Waals surface area contributed by atoms with Gasteiger partial charge in [-0.2, -0.15) is 0 Å². The van der Waals surface area contributed by atoms with Crippen LogP contribution in [0.5, 0.6) is 5.75 Å². The Morgan fingerprint density at radius 1 is 1.17 bits per heavy atom. The Kier molecular flexibility index (Phi) is 5.40. The lowest BCUT2D eigenvalue weighted by atomic mass is 10.2. The van der Waals surface area contributed by atoms with Gasteiger partial charge in [0, 0.05) is 55.8 Å². The number of hydrogen-bond acceptors (Lipinski definition) is 6. The summed E-state index contributed by atoms with van der Waals surface area (Å²) in [6.45, 7) is 2.36. The normalized spacial score (nSPS) is 14.8. The number of methoxy groups -OCH3 is 1. The van der Waals surface area contributed by atoms with E-state index in [0.29, 0.717) is 48.7 Å². The number of benzene rings is 2. The summed E-state index contributed by atoms with van der Waals surface area (Å²) in [5, 5.41) is 2.78. The van der Waals surface area contributed by atoms with Crippen LogP contribution in [-0.2, 0) is 4.79 Å². The van der Waals surface area contributed by atoms with Gasteiger partial charge in [-0.05, 0) is 12.1 Å². The van der Waals surface area contributed by atoms with Crippen LogP contribution in [0.25, 0.3) is 11.1 Å². The van der Waals surface area contributed by atoms with Crippen LogP contribution in [0.2, 0.25) is 0 Å². The van der Waals surface area contributed by atoms with Gasteiger partial charge in [0.1, 0.15) is 0 Å². The molecular formula is C20H20F2N4O4. The van der Waals surface area contributed by atoms with Gasteiger partial charge in [0.15, 0.2) is 23.0 Å². The summed E-state index contributed by atoms with van der Waals surface area (Å²) in [7, 11) is 1.22. The average Bonchev–Trinajstić information content (AvgIpc) is 3.07. The Morgan fingerprint density at radius 3 is 2.53 bits per heavy atom. The summed E-state index contributed by atoms with van der Waals surface area (Å²) in [5.41, 5.74) is 1.89. The van der Waals surface area contributed by atoms with E-state index >= 15 is 0 Å². The molecule has 0 atom stereocenters. The summed E-state index contributed by atoms with van der Waals surface area (Å²) >= 11 is 0. The number of ether oxygens (including phenoxy) is 1. The fourth-order valence-corrected chi connectivity index (χ4v) is 3.52. The van der Waals surface area contributed by atoms with Gasteiger partial charge in [-0.3, -0.25) is 14.7 Å². The van der Waals surface area contributed by atoms with Crippen LogP contribution in [-0.4, -0.2) is 55.6 Å². The predicted molar refractivity (Wildman–Crippen MR) is 107 cm³/mol. The molecule has 2 heterocycles. The predicted octanol–water partition coefficient (Wildman–Crippen LogP) is 2.17. The standard InChI is InChI=1S/C20H20F2N4O4/c1-29-19-14(21)9-13(10-15(19)22)26-6-4-25(5-7-26)11-18(27)23-12-2-3-16-17(8-12)30-20(28)24-16/h2-3,8-10H,4-7,11H2,1H3,(H,23,27)(H,24,28). The fourth-order valence-electron chi connectivity index (χ4n) is 3.52. The van der Waals surface area contributed by atoms with Gasteiger partial charge in [0.25, 0.3) is 0 Å². The van der Waals surface area contributed by atoms with Gasteiger partial charge in [-0.1, -0.05) is 0 Å². The van der Waals surface area contributed by atoms with Crippen molar-refractivity contribution in [1.29, 1.82) is 0 Å². The monoisotopic (exact) mass is 418 g/mol. The molecule has 0 aliphatic carbocycles. The van der Waals surface area contributed by atoms with Crippen molar-refractivity contribution in [1.82, 2.24) is 9.88 Å². The van der Waals surface area contributed by atoms with Crippen molar-refractivity contribution in [2.75, 3.05) is 50.1 Å². The number of nitrogens with one attached hydrogen (secondary N) is 2. The van der Waals surface area contributed by atoms with E-state index < -0.39 is 23.1 Å². The minimum Gasteiger partial charge on any atom is -0.491 e. The molecule has 1 aromatic heterocycles. The van der Waals surface area contributed by atoms with E-state index in [-0.39, 0.29) is 12.5 Å². The lowest BCUT2D eigenvalue weighted by molar-refractivity contribution is -0.117. The molecule has 2 N–H and O–H groups in total. The maximum absolute atomic E-state index is 13.9. The number of carbonyl (C=O) groups excluding carboxylic acids is 1. The highest BCUT2D eigenvalue weighted by Crippen LogP contribution is 2.28. The van der Waals surface area contributed by atoms with Crippen LogP contribution in [0.1, 0.15) is 0 Å². The zero-order valence-corrected chi connectivity index (χ0v) is 16.2. The molecule has 30 heavy (non-hydrogen) atoms. The smallest absolute Gasteiger partial charge is 0.417 e. The maximum Gasteiger partial charge on any atom is 0.417 e. The first-order valence-electron chi connectivity index (χ1n) is 9.36. The first-order valence-corrected chi connectivity index (χ1v) is 9.36. The highest BCUT2D eigenvalue weighted by atomic mass is 19.1. The molecule has 3 aromatic rings. The molecule has 4 rings (SSSR count). The molecule has 1 saturated heterocycles. The topological polar surface area (TPSA) is 90.8 Å². The Balaban J connectivity index is 1.33. The number of aromatic nitrogens is 1. The number of H-pyrrole nitrogens is 1. The number of nitrogens with zero attached hydrogens (tertiary/aromatic N) is 2. The first kappa shape index (κ1) is 19.9. The second-order valence-electron chi connectivity index (χ2n) is 6.98. The maximum atomic E-state index is 13.9. The zero-order chi connectivity index (χ0) is 21.3. The average molecular weight is 418 g/mol. The lowest BCUT2D eigenvalue weighted by Crippen LogP contribution is -2.48. The number of amides is 1. The van der Waals surface area contributed by atoms with Crippen molar-refractivity contribution < 1.29 is 22.7 Å². The molecule has 1 aliphatic heterocycles. The van der Waals surface area contributed by atoms with Gasteiger partial charge in [-0.25, -0.2) is 13.6 Å². The highest BCUT2D eigenvalue weighted by Gasteiger charge is 2.22. The van der Waals surface area contributed by atoms with Crippen molar-refractivity contribution >= 4 is 28.4 Å². The minimum atomic E-state index is -0.746. The lowest BCUT2D eigenvalue weighted by Gasteiger charge is -2.35. The molecule has 158 valence electrons. The molecule has 8 nitrogen and oxygen atoms in total. The quantitative estimate of drug-likeness (QED) is 0.660. The number of hydrogen-bond donors (Lipinski definition) is 2. The number of oxazole rings is 1. The van der Waals surface area contributed by atoms with Crippen molar-refractivity contribution in [3.05, 3.63) is 52.5 Å². The third-order valence-electron chi connectivity index (χ3n) is 5.00. The number of halogens is 2. The van der Waals surface area contributed by atoms with Crippen molar-refractivity contribution in [2.24, 2.45) is 0 Å². The number of piperazine rings is 1. The largest absolute Gasteiger partial charge is 0.491 e. The van der Waals surface area contributed by atoms with E-state index in [2.05, 4.69) is 10.3 Å². The Bertz CT molecular complexity index is 1110. The molecule has 1 amide bonds. The summed E-state index contributed by atoms with van der Waals surface area (Å²) in [5.74, 6) is -2.65. The third-order valence-corrected chi connectivity index (χ3v) is 5.00. The molecule has 0 radical (unpaired) electrons. The molecule has 0 spiro atoms. The number of rotatable bonds is 5. The van der Waals surface area contributed by atoms with Crippen LogP contribution in [0.4, 0.5) is 20.2 Å². The first-order chi connectivity index (χ1) is 14.4. The molecule has 10 heteroatoms. The van der Waals surface area contributed by atoms with E-state index in [0.717, 1.165) is 0 Å². The summed E-state index contributed by atoms with van der Waals surface area (Å²) in [6.07, 6.45) is 0. The molecule has 1 aliphatic rings. The summed E-state index contributed by atoms with van der Waals surface area (Å²) in [4.78, 5) is 29.9. The molecule has 0 bridgehead atoms. The van der Waals surface area contributed by atoms with Gasteiger partial charge < -0.3 is 19.4 Å². The second-order valence-corrected chi connectivity index (χ2v) is 6.98. The second kappa shape index (κ2) is 8.15. The Morgan fingerprint density at radius 2 is 1.87 bits per heavy atom. The number of aromatic amines is 1. The Hall–Kier alpha value is -3.40. The van der Waals surface area contributed by atoms with Crippen LogP contribution in [0.15, 0.2) is 39.5 Å². The van der Waals surface area contributed by atoms with Crippen LogP contribution in [0.3, 0.4) is 0 Å². The van der Waals surface area contributed by atoms with E-state index in [1.807, 2.05) is 9.80 Å². The number of fused-ring (bicyclic) bond motifs is 1. The molecule has 0 unspecified atom stereocenters. The summed E-state index contributed by atoms with van der Waals surface area (Å²) < 4.78 is 37.6. The SMILES string of the molecule is COc1c(F)cc(N2CCN(CC(=O)Nc3ccc4[nH]c(=O)oc4c3)CC2)cc1F. The molecule has 2 aromatic carbocycles. The van der Waals surface area contributed by atoms with E-state index in [9.17, 15) is 18.4 Å². The summed E-state index contributed by atoms with van der Waals surface area (Å²) in [6, 6.07) is 7.41. The van der Waals surface area contributed by atoms with E-state index in [1.54, 1.807) is 18.2 Å². The van der Waals surface area contributed by atoms with Gasteiger partial charge in [0.05, 0.1) is 19.2 Å². The van der Waals surface area contributed by atoms with Gasteiger partial charge in [-0.15, -0.1) is 0 Å². The molecular weight excluding hydrogens is 398 g/mol. The molecule has 0 saturated carbocycles. The van der Waals surface area contributed by atoms with E-state index in [1.165, 1.54) is 19.2 Å². The van der Waals surface area contributed by atoms with E-state index in [4.69, 9.17) is 9.15 Å². The van der Waals surface area contributed by atoms with Gasteiger partial charge >= 0.3 is 5.76 Å². The van der Waals surface area contributed by atoms with Crippen molar-refractivity contribution in [3.63, 3.8) is 0 Å². The third kappa shape index (κ3) is 4.13. The number of anilines is 2. The fraction of sp³-hybridized carbons (Fsp3) is 0.300. The van der Waals surface area contributed by atoms with Crippen LogP contribution < -0.4 is 20.7 Å². The number of carbonyl (C=O) groups is 1. The molecule has 1 fully saturated rings.